The van der Waals surface area contributed by atoms with Gasteiger partial charge in [-0.05, 0) is 5.22 Å². The van der Waals surface area contributed by atoms with Gasteiger partial charge >= 0.3 is 0 Å². The van der Waals surface area contributed by atoms with E-state index in [1.54, 1.807) is 0 Å². The van der Waals surface area contributed by atoms with Gasteiger partial charge in [-0.15, -0.1) is 21.3 Å². The minimum absolute atomic E-state index is 0.282. The van der Waals surface area contributed by atoms with Gasteiger partial charge in [0, 0.05) is 5.22 Å². The van der Waals surface area contributed by atoms with E-state index < -0.39 is 0 Å². The molecule has 7 heteroatoms. The molecule has 1 N–H and O–H groups in total. The molecule has 7 nitrogen and oxygen atoms in total. The summed E-state index contributed by atoms with van der Waals surface area (Å²) in [6, 6.07) is 0. The van der Waals surface area contributed by atoms with Crippen LogP contribution in [-0.4, -0.2) is 11.8 Å². The quantitative estimate of drug-likeness (QED) is 0.302. The lowest BCUT2D eigenvalue weighted by Crippen LogP contribution is -2.22. The number of nitrogens with one attached hydrogen (secondary N) is 1. The van der Waals surface area contributed by atoms with Crippen LogP contribution in [-0.2, 0) is 0 Å². The molecule has 0 aliphatic carbocycles. The number of hydrogen-bond donors (Lipinski definition) is 1. The van der Waals surface area contributed by atoms with E-state index in [2.05, 4.69) is 26.0 Å². The first kappa shape index (κ1) is 4.66. The smallest absolute Gasteiger partial charge is 0.167 e. The molecule has 1 aliphatic heterocycles. The van der Waals surface area contributed by atoms with E-state index in [9.17, 15) is 0 Å². The zero-order valence-electron chi connectivity index (χ0n) is 3.89. The predicted octanol–water partition coefficient (Wildman–Crippen LogP) is 0.357. The van der Waals surface area contributed by atoms with Crippen molar-refractivity contribution < 1.29 is 0 Å². The van der Waals surface area contributed by atoms with Crippen molar-refractivity contribution in [2.75, 3.05) is 6.67 Å². The molecule has 0 saturated heterocycles. The molecule has 0 radical (unpaired) electrons. The maximum atomic E-state index is 7.82. The molecule has 0 atom stereocenters. The van der Waals surface area contributed by atoms with Crippen LogP contribution >= 0.6 is 0 Å². The minimum Gasteiger partial charge on any atom is -0.167 e. The Kier molecular flexibility index (Phi) is 1.16. The fourth-order valence-electron chi connectivity index (χ4n) is 0.303. The molecule has 0 fully saturated rings. The Bertz CT molecular complexity index is 132. The van der Waals surface area contributed by atoms with Crippen molar-refractivity contribution in [2.24, 2.45) is 15.6 Å². The monoisotopic (exact) mass is 113 g/mol. The first-order chi connectivity index (χ1) is 3.93. The Morgan fingerprint density at radius 2 is 2.75 bits per heavy atom. The van der Waals surface area contributed by atoms with Crippen molar-refractivity contribution in [3.05, 3.63) is 10.4 Å². The molecule has 0 aromatic rings. The van der Waals surface area contributed by atoms with Crippen molar-refractivity contribution >= 4 is 0 Å². The minimum atomic E-state index is 0.282. The summed E-state index contributed by atoms with van der Waals surface area (Å²) in [6.45, 7) is 0.282. The molecular formula is CH3N7. The van der Waals surface area contributed by atoms with Crippen molar-refractivity contribution in [3.63, 3.8) is 0 Å². The topological polar surface area (TPSA) is 88.8 Å². The summed E-state index contributed by atoms with van der Waals surface area (Å²) in [6.07, 6.45) is 0. The van der Waals surface area contributed by atoms with Crippen LogP contribution in [0.4, 0.5) is 0 Å². The van der Waals surface area contributed by atoms with Gasteiger partial charge in [0.2, 0.25) is 6.67 Å². The van der Waals surface area contributed by atoms with Gasteiger partial charge in [-0.2, -0.15) is 4.91 Å². The van der Waals surface area contributed by atoms with Crippen LogP contribution in [0.3, 0.4) is 0 Å². The van der Waals surface area contributed by atoms with Crippen molar-refractivity contribution in [1.29, 1.82) is 0 Å². The highest BCUT2D eigenvalue weighted by molar-refractivity contribution is 4.44. The molecule has 0 saturated carbocycles. The molecule has 0 unspecified atom stereocenters. The van der Waals surface area contributed by atoms with E-state index in [1.807, 2.05) is 0 Å². The first-order valence-electron chi connectivity index (χ1n) is 1.88. The summed E-state index contributed by atoms with van der Waals surface area (Å²) >= 11 is 0. The molecule has 0 bridgehead atoms. The van der Waals surface area contributed by atoms with Gasteiger partial charge in [-0.1, -0.05) is 0 Å². The normalized spacial score (nSPS) is 15.2. The zero-order valence-corrected chi connectivity index (χ0v) is 3.89. The second kappa shape index (κ2) is 1.99. The molecule has 0 aromatic heterocycles. The van der Waals surface area contributed by atoms with Crippen LogP contribution in [0.1, 0.15) is 0 Å². The maximum absolute atomic E-state index is 7.82. The highest BCUT2D eigenvalue weighted by Gasteiger charge is 2.04. The number of hydrazine groups is 1. The average molecular weight is 113 g/mol. The van der Waals surface area contributed by atoms with Crippen LogP contribution < -0.4 is 5.53 Å². The predicted molar refractivity (Wildman–Crippen MR) is 23.8 cm³/mol. The Labute approximate surface area is 44.5 Å². The number of hydrogen-bond acceptors (Lipinski definition) is 4. The number of azide groups is 1. The number of rotatable bonds is 1. The summed E-state index contributed by atoms with van der Waals surface area (Å²) < 4.78 is 0. The molecule has 1 heterocycles. The van der Waals surface area contributed by atoms with Gasteiger partial charge in [-0.3, -0.25) is 0 Å². The Hall–Kier alpha value is -1.49. The van der Waals surface area contributed by atoms with Crippen LogP contribution in [0.15, 0.2) is 15.6 Å². The van der Waals surface area contributed by atoms with Crippen LogP contribution in [0.2, 0.25) is 0 Å². The summed E-state index contributed by atoms with van der Waals surface area (Å²) in [5.74, 6) is 0. The Balaban J connectivity index is 2.40. The third kappa shape index (κ3) is 0.767. The zero-order chi connectivity index (χ0) is 5.82. The van der Waals surface area contributed by atoms with Gasteiger partial charge in [0.1, 0.15) is 0 Å². The SMILES string of the molecule is [N-]=[N+]=NN1CN=NN1. The second-order valence-electron chi connectivity index (χ2n) is 1.06. The molecule has 0 spiro atoms. The van der Waals surface area contributed by atoms with Gasteiger partial charge in [0.05, 0.1) is 0 Å². The molecule has 1 aliphatic rings. The van der Waals surface area contributed by atoms with E-state index in [1.165, 1.54) is 5.12 Å². The Morgan fingerprint density at radius 3 is 3.25 bits per heavy atom. The summed E-state index contributed by atoms with van der Waals surface area (Å²) in [7, 11) is 0. The fraction of sp³-hybridized carbons (Fsp3) is 1.00. The molecule has 1 rings (SSSR count). The molecule has 0 amide bonds. The molecule has 42 valence electrons. The van der Waals surface area contributed by atoms with Gasteiger partial charge in [0.15, 0.2) is 0 Å². The first-order valence-corrected chi connectivity index (χ1v) is 1.88. The van der Waals surface area contributed by atoms with Crippen molar-refractivity contribution in [3.8, 4) is 0 Å². The highest BCUT2D eigenvalue weighted by Crippen LogP contribution is 1.91. The van der Waals surface area contributed by atoms with Crippen LogP contribution in [0.5, 0.6) is 0 Å². The third-order valence-corrected chi connectivity index (χ3v) is 0.576. The lowest BCUT2D eigenvalue weighted by Gasteiger charge is -1.96. The van der Waals surface area contributed by atoms with E-state index in [0.29, 0.717) is 0 Å². The van der Waals surface area contributed by atoms with Crippen LogP contribution in [0, 0.1) is 0 Å². The van der Waals surface area contributed by atoms with Crippen LogP contribution in [0.25, 0.3) is 10.4 Å². The highest BCUT2D eigenvalue weighted by atomic mass is 15.9. The summed E-state index contributed by atoms with van der Waals surface area (Å²) in [5.41, 5.74) is 10.1. The summed E-state index contributed by atoms with van der Waals surface area (Å²) in [5, 5.41) is 11.1. The van der Waals surface area contributed by atoms with Gasteiger partial charge < -0.3 is 0 Å². The lowest BCUT2D eigenvalue weighted by molar-refractivity contribution is 0.244. The Morgan fingerprint density at radius 1 is 1.88 bits per heavy atom. The largest absolute Gasteiger partial charge is 0.227 e. The van der Waals surface area contributed by atoms with E-state index in [4.69, 9.17) is 5.53 Å². The molecular weight excluding hydrogens is 110 g/mol. The van der Waals surface area contributed by atoms with E-state index in [-0.39, 0.29) is 6.67 Å². The van der Waals surface area contributed by atoms with Crippen molar-refractivity contribution in [1.82, 2.24) is 10.7 Å². The van der Waals surface area contributed by atoms with Gasteiger partial charge in [0.25, 0.3) is 0 Å². The summed E-state index contributed by atoms with van der Waals surface area (Å²) in [4.78, 5) is 2.49. The lowest BCUT2D eigenvalue weighted by atomic mass is 11.2. The molecule has 0 aromatic carbocycles. The van der Waals surface area contributed by atoms with E-state index in [0.717, 1.165) is 0 Å². The maximum Gasteiger partial charge on any atom is 0.227 e. The molecule has 8 heavy (non-hydrogen) atoms. The third-order valence-electron chi connectivity index (χ3n) is 0.576. The number of nitrogens with zero attached hydrogens (tertiary/aromatic N) is 6. The average Bonchev–Trinajstić information content (AvgIpc) is 2.19. The fourth-order valence-corrected chi connectivity index (χ4v) is 0.303. The van der Waals surface area contributed by atoms with Crippen molar-refractivity contribution in [2.45, 2.75) is 0 Å². The second-order valence-corrected chi connectivity index (χ2v) is 1.06. The van der Waals surface area contributed by atoms with E-state index >= 15 is 0 Å². The standard InChI is InChI=1S/CH3N7/c2-4-6-8-1-3-5-7-8/h1H2,(H,3,7). The van der Waals surface area contributed by atoms with Gasteiger partial charge in [-0.25, -0.2) is 0 Å².